The molecule has 0 saturated heterocycles. The molecule has 0 saturated carbocycles. The molecule has 0 aliphatic rings. The lowest BCUT2D eigenvalue weighted by Crippen LogP contribution is -2.28. The Morgan fingerprint density at radius 3 is 2.54 bits per heavy atom. The van der Waals surface area contributed by atoms with E-state index >= 15 is 0 Å². The van der Waals surface area contributed by atoms with E-state index in [-0.39, 0.29) is 18.1 Å². The van der Waals surface area contributed by atoms with Crippen molar-refractivity contribution in [2.45, 2.75) is 26.9 Å². The molecule has 3 aromatic rings. The van der Waals surface area contributed by atoms with Gasteiger partial charge in [0.1, 0.15) is 29.4 Å². The molecule has 0 aliphatic carbocycles. The average Bonchev–Trinajstić information content (AvgIpc) is 2.94. The lowest BCUT2D eigenvalue weighted by atomic mass is 10.2. The number of amides is 1. The molecule has 1 aromatic heterocycles. The molecule has 0 bridgehead atoms. The maximum atomic E-state index is 12.2. The van der Waals surface area contributed by atoms with E-state index in [1.807, 2.05) is 54.6 Å². The standard InChI is InChI=1S/C20H20N4O4/c1-14-20(24(26)27)15(2)23(22-14)13-19(25)21-12-16-7-6-10-18(11-16)28-17-8-4-3-5-9-17/h3-11H,12-13H2,1-2H3,(H,21,25). The second-order valence-corrected chi connectivity index (χ2v) is 6.27. The van der Waals surface area contributed by atoms with Gasteiger partial charge in [-0.25, -0.2) is 0 Å². The van der Waals surface area contributed by atoms with Crippen molar-refractivity contribution in [1.29, 1.82) is 0 Å². The van der Waals surface area contributed by atoms with Crippen molar-refractivity contribution in [1.82, 2.24) is 15.1 Å². The third-order valence-corrected chi connectivity index (χ3v) is 4.19. The number of benzene rings is 2. The first kappa shape index (κ1) is 19.1. The molecule has 144 valence electrons. The van der Waals surface area contributed by atoms with Gasteiger partial charge in [-0.05, 0) is 43.7 Å². The zero-order valence-corrected chi connectivity index (χ0v) is 15.6. The van der Waals surface area contributed by atoms with Crippen molar-refractivity contribution in [3.05, 3.63) is 81.7 Å². The molecule has 1 N–H and O–H groups in total. The molecule has 0 fully saturated rings. The molecule has 8 nitrogen and oxygen atoms in total. The van der Waals surface area contributed by atoms with Gasteiger partial charge in [0.15, 0.2) is 0 Å². The summed E-state index contributed by atoms with van der Waals surface area (Å²) in [5, 5.41) is 17.9. The highest BCUT2D eigenvalue weighted by Gasteiger charge is 2.22. The highest BCUT2D eigenvalue weighted by molar-refractivity contribution is 5.75. The van der Waals surface area contributed by atoms with Crippen LogP contribution in [-0.4, -0.2) is 20.6 Å². The van der Waals surface area contributed by atoms with E-state index in [0.29, 0.717) is 23.7 Å². The summed E-state index contributed by atoms with van der Waals surface area (Å²) in [7, 11) is 0. The molecule has 1 amide bonds. The zero-order chi connectivity index (χ0) is 20.1. The Hall–Kier alpha value is -3.68. The lowest BCUT2D eigenvalue weighted by molar-refractivity contribution is -0.386. The van der Waals surface area contributed by atoms with E-state index in [9.17, 15) is 14.9 Å². The van der Waals surface area contributed by atoms with Gasteiger partial charge in [0.2, 0.25) is 5.91 Å². The van der Waals surface area contributed by atoms with E-state index in [1.165, 1.54) is 4.68 Å². The van der Waals surface area contributed by atoms with Crippen molar-refractivity contribution in [2.75, 3.05) is 0 Å². The number of ether oxygens (including phenoxy) is 1. The minimum atomic E-state index is -0.482. The molecule has 8 heteroatoms. The Labute approximate surface area is 161 Å². The second-order valence-electron chi connectivity index (χ2n) is 6.27. The molecule has 0 unspecified atom stereocenters. The monoisotopic (exact) mass is 380 g/mol. The molecule has 0 radical (unpaired) electrons. The van der Waals surface area contributed by atoms with Crippen LogP contribution in [0.15, 0.2) is 54.6 Å². The van der Waals surface area contributed by atoms with Gasteiger partial charge in [-0.3, -0.25) is 19.6 Å². The van der Waals surface area contributed by atoms with Crippen LogP contribution in [0.1, 0.15) is 17.0 Å². The Balaban J connectivity index is 1.60. The number of nitrogens with zero attached hydrogens (tertiary/aromatic N) is 3. The van der Waals surface area contributed by atoms with Gasteiger partial charge in [0.05, 0.1) is 4.92 Å². The Kier molecular flexibility index (Phi) is 5.69. The summed E-state index contributed by atoms with van der Waals surface area (Å²) in [6.07, 6.45) is 0. The van der Waals surface area contributed by atoms with Crippen LogP contribution in [-0.2, 0) is 17.9 Å². The minimum absolute atomic E-state index is 0.0569. The summed E-state index contributed by atoms with van der Waals surface area (Å²) in [6, 6.07) is 16.8. The summed E-state index contributed by atoms with van der Waals surface area (Å²) < 4.78 is 7.13. The van der Waals surface area contributed by atoms with Gasteiger partial charge in [-0.1, -0.05) is 30.3 Å². The van der Waals surface area contributed by atoms with Crippen LogP contribution in [0.3, 0.4) is 0 Å². The fourth-order valence-electron chi connectivity index (χ4n) is 2.84. The number of hydrogen-bond acceptors (Lipinski definition) is 5. The quantitative estimate of drug-likeness (QED) is 0.499. The molecule has 0 atom stereocenters. The zero-order valence-electron chi connectivity index (χ0n) is 15.6. The largest absolute Gasteiger partial charge is 0.457 e. The summed E-state index contributed by atoms with van der Waals surface area (Å²) in [5.74, 6) is 1.12. The first-order valence-corrected chi connectivity index (χ1v) is 8.71. The first-order chi connectivity index (χ1) is 13.4. The van der Waals surface area contributed by atoms with Crippen molar-refractivity contribution in [2.24, 2.45) is 0 Å². The van der Waals surface area contributed by atoms with Gasteiger partial charge in [0, 0.05) is 6.54 Å². The van der Waals surface area contributed by atoms with Gasteiger partial charge in [0.25, 0.3) is 0 Å². The SMILES string of the molecule is Cc1nn(CC(=O)NCc2cccc(Oc3ccccc3)c2)c(C)c1[N+](=O)[O-]. The number of rotatable bonds is 7. The number of nitrogens with one attached hydrogen (secondary N) is 1. The normalized spacial score (nSPS) is 10.5. The van der Waals surface area contributed by atoms with Crippen LogP contribution in [0.4, 0.5) is 5.69 Å². The summed E-state index contributed by atoms with van der Waals surface area (Å²) >= 11 is 0. The van der Waals surface area contributed by atoms with E-state index in [1.54, 1.807) is 13.8 Å². The Morgan fingerprint density at radius 2 is 1.86 bits per heavy atom. The van der Waals surface area contributed by atoms with E-state index in [2.05, 4.69) is 10.4 Å². The number of aromatic nitrogens is 2. The van der Waals surface area contributed by atoms with Gasteiger partial charge in [-0.15, -0.1) is 0 Å². The van der Waals surface area contributed by atoms with Crippen LogP contribution in [0.25, 0.3) is 0 Å². The van der Waals surface area contributed by atoms with E-state index in [4.69, 9.17) is 4.74 Å². The van der Waals surface area contributed by atoms with Crippen LogP contribution in [0.2, 0.25) is 0 Å². The smallest absolute Gasteiger partial charge is 0.312 e. The molecule has 0 aliphatic heterocycles. The fraction of sp³-hybridized carbons (Fsp3) is 0.200. The van der Waals surface area contributed by atoms with Gasteiger partial charge in [-0.2, -0.15) is 5.10 Å². The van der Waals surface area contributed by atoms with Gasteiger partial charge >= 0.3 is 5.69 Å². The molecule has 0 spiro atoms. The van der Waals surface area contributed by atoms with Crippen molar-refractivity contribution in [3.8, 4) is 11.5 Å². The molecular formula is C20H20N4O4. The molecule has 28 heavy (non-hydrogen) atoms. The number of hydrogen-bond donors (Lipinski definition) is 1. The van der Waals surface area contributed by atoms with Crippen LogP contribution in [0.5, 0.6) is 11.5 Å². The first-order valence-electron chi connectivity index (χ1n) is 8.71. The molecule has 1 heterocycles. The van der Waals surface area contributed by atoms with Crippen LogP contribution in [0, 0.1) is 24.0 Å². The van der Waals surface area contributed by atoms with Gasteiger partial charge < -0.3 is 10.1 Å². The average molecular weight is 380 g/mol. The summed E-state index contributed by atoms with van der Waals surface area (Å²) in [5.41, 5.74) is 1.47. The molecular weight excluding hydrogens is 360 g/mol. The number of carbonyl (C=O) groups excluding carboxylic acids is 1. The molecule has 2 aromatic carbocycles. The second kappa shape index (κ2) is 8.34. The lowest BCUT2D eigenvalue weighted by Gasteiger charge is -2.09. The van der Waals surface area contributed by atoms with Crippen molar-refractivity contribution < 1.29 is 14.5 Å². The topological polar surface area (TPSA) is 99.3 Å². The maximum absolute atomic E-state index is 12.2. The highest BCUT2D eigenvalue weighted by Crippen LogP contribution is 2.22. The number of nitro groups is 1. The van der Waals surface area contributed by atoms with Crippen LogP contribution >= 0.6 is 0 Å². The van der Waals surface area contributed by atoms with E-state index < -0.39 is 4.92 Å². The minimum Gasteiger partial charge on any atom is -0.457 e. The van der Waals surface area contributed by atoms with Crippen molar-refractivity contribution >= 4 is 11.6 Å². The number of para-hydroxylation sites is 1. The third kappa shape index (κ3) is 4.53. The Bertz CT molecular complexity index is 999. The fourth-order valence-corrected chi connectivity index (χ4v) is 2.84. The predicted octanol–water partition coefficient (Wildman–Crippen LogP) is 3.52. The third-order valence-electron chi connectivity index (χ3n) is 4.19. The number of aryl methyl sites for hydroxylation is 1. The maximum Gasteiger partial charge on any atom is 0.312 e. The van der Waals surface area contributed by atoms with E-state index in [0.717, 1.165) is 11.3 Å². The van der Waals surface area contributed by atoms with Crippen molar-refractivity contribution in [3.63, 3.8) is 0 Å². The highest BCUT2D eigenvalue weighted by atomic mass is 16.6. The number of carbonyl (C=O) groups is 1. The summed E-state index contributed by atoms with van der Waals surface area (Å²) in [6.45, 7) is 3.36. The Morgan fingerprint density at radius 1 is 1.14 bits per heavy atom. The van der Waals surface area contributed by atoms with Crippen LogP contribution < -0.4 is 10.1 Å². The molecule has 3 rings (SSSR count). The summed E-state index contributed by atoms with van der Waals surface area (Å²) in [4.78, 5) is 22.8. The predicted molar refractivity (Wildman–Crippen MR) is 103 cm³/mol.